The van der Waals surface area contributed by atoms with Gasteiger partial charge < -0.3 is 5.11 Å². The molecule has 1 N–H and O–H groups in total. The number of hydrogen-bond donors (Lipinski definition) is 1. The van der Waals surface area contributed by atoms with Crippen molar-refractivity contribution < 1.29 is 18.3 Å². The highest BCUT2D eigenvalue weighted by atomic mass is 79.9. The summed E-state index contributed by atoms with van der Waals surface area (Å²) in [5.41, 5.74) is 0.954. The number of halogens is 4. The Kier molecular flexibility index (Phi) is 3.96. The van der Waals surface area contributed by atoms with Crippen molar-refractivity contribution in [1.29, 1.82) is 0 Å². The van der Waals surface area contributed by atoms with E-state index in [1.54, 1.807) is 12.1 Å². The Labute approximate surface area is 116 Å². The quantitative estimate of drug-likeness (QED) is 0.816. The van der Waals surface area contributed by atoms with Gasteiger partial charge in [0, 0.05) is 16.1 Å². The molecule has 0 aliphatic heterocycles. The van der Waals surface area contributed by atoms with Crippen LogP contribution in [0.4, 0.5) is 13.2 Å². The van der Waals surface area contributed by atoms with E-state index >= 15 is 0 Å². The van der Waals surface area contributed by atoms with Crippen LogP contribution < -0.4 is 0 Å². The number of benzene rings is 2. The summed E-state index contributed by atoms with van der Waals surface area (Å²) < 4.78 is 40.2. The molecule has 100 valence electrons. The molecule has 0 amide bonds. The third kappa shape index (κ3) is 2.82. The lowest BCUT2D eigenvalue weighted by Gasteiger charge is -2.15. The summed E-state index contributed by atoms with van der Waals surface area (Å²) in [7, 11) is 0. The Bertz CT molecular complexity index is 628. The fraction of sp³-hybridized carbons (Fsp3) is 0.143. The van der Waals surface area contributed by atoms with Gasteiger partial charge >= 0.3 is 0 Å². The van der Waals surface area contributed by atoms with Crippen molar-refractivity contribution in [2.24, 2.45) is 0 Å². The zero-order chi connectivity index (χ0) is 14.2. The number of rotatable bonds is 2. The van der Waals surface area contributed by atoms with Crippen LogP contribution in [0.25, 0.3) is 0 Å². The Hall–Kier alpha value is -1.33. The molecule has 0 aliphatic carbocycles. The topological polar surface area (TPSA) is 20.2 Å². The summed E-state index contributed by atoms with van der Waals surface area (Å²) in [6.45, 7) is 1.81. The van der Waals surface area contributed by atoms with Crippen LogP contribution in [0.15, 0.2) is 34.8 Å². The maximum Gasteiger partial charge on any atom is 0.161 e. The molecule has 0 spiro atoms. The molecule has 0 aliphatic rings. The molecule has 5 heteroatoms. The molecule has 0 saturated carbocycles. The lowest BCUT2D eigenvalue weighted by Crippen LogP contribution is -2.05. The minimum Gasteiger partial charge on any atom is -0.384 e. The summed E-state index contributed by atoms with van der Waals surface area (Å²) in [6.07, 6.45) is -1.37. The van der Waals surface area contributed by atoms with Crippen LogP contribution in [0.2, 0.25) is 0 Å². The van der Waals surface area contributed by atoms with Gasteiger partial charge in [0.15, 0.2) is 11.6 Å². The van der Waals surface area contributed by atoms with Crippen LogP contribution in [-0.4, -0.2) is 5.11 Å². The van der Waals surface area contributed by atoms with Crippen LogP contribution >= 0.6 is 15.9 Å². The minimum absolute atomic E-state index is 0.301. The molecule has 0 bridgehead atoms. The summed E-state index contributed by atoms with van der Waals surface area (Å²) in [6, 6.07) is 6.25. The normalized spacial score (nSPS) is 12.5. The van der Waals surface area contributed by atoms with E-state index in [-0.39, 0.29) is 5.56 Å². The SMILES string of the molecule is Cc1ccc(Br)c(C(O)c2cc(F)c(F)cc2F)c1. The number of aliphatic hydroxyl groups excluding tert-OH is 1. The molecule has 1 nitrogen and oxygen atoms in total. The van der Waals surface area contributed by atoms with Gasteiger partial charge in [0.25, 0.3) is 0 Å². The van der Waals surface area contributed by atoms with Crippen molar-refractivity contribution in [2.75, 3.05) is 0 Å². The number of aryl methyl sites for hydroxylation is 1. The Morgan fingerprint density at radius 1 is 0.947 bits per heavy atom. The third-order valence-corrected chi connectivity index (χ3v) is 3.50. The second-order valence-electron chi connectivity index (χ2n) is 4.22. The van der Waals surface area contributed by atoms with Crippen LogP contribution in [-0.2, 0) is 0 Å². The Balaban J connectivity index is 2.52. The Morgan fingerprint density at radius 2 is 1.58 bits per heavy atom. The van der Waals surface area contributed by atoms with Gasteiger partial charge in [-0.25, -0.2) is 13.2 Å². The highest BCUT2D eigenvalue weighted by Gasteiger charge is 2.20. The molecule has 0 saturated heterocycles. The zero-order valence-corrected chi connectivity index (χ0v) is 11.5. The zero-order valence-electron chi connectivity index (χ0n) is 9.92. The molecule has 1 atom stereocenters. The highest BCUT2D eigenvalue weighted by molar-refractivity contribution is 9.10. The Morgan fingerprint density at radius 3 is 2.26 bits per heavy atom. The standard InChI is InChI=1S/C14H10BrF3O/c1-7-2-3-10(15)8(4-7)14(19)9-5-12(17)13(18)6-11(9)16/h2-6,14,19H,1H3. The van der Waals surface area contributed by atoms with Gasteiger partial charge in [0.05, 0.1) is 0 Å². The van der Waals surface area contributed by atoms with Crippen molar-refractivity contribution in [1.82, 2.24) is 0 Å². The molecule has 0 radical (unpaired) electrons. The van der Waals surface area contributed by atoms with Crippen LogP contribution in [0, 0.1) is 24.4 Å². The molecule has 1 unspecified atom stereocenters. The van der Waals surface area contributed by atoms with Gasteiger partial charge in [-0.05, 0) is 24.6 Å². The summed E-state index contributed by atoms with van der Waals surface area (Å²) >= 11 is 3.24. The molecule has 2 aromatic carbocycles. The van der Waals surface area contributed by atoms with Gasteiger partial charge in [0.1, 0.15) is 11.9 Å². The molecule has 19 heavy (non-hydrogen) atoms. The van der Waals surface area contributed by atoms with E-state index in [4.69, 9.17) is 0 Å². The van der Waals surface area contributed by atoms with Crippen molar-refractivity contribution in [3.05, 3.63) is 68.9 Å². The molecule has 0 heterocycles. The minimum atomic E-state index is -1.37. The van der Waals surface area contributed by atoms with Crippen LogP contribution in [0.5, 0.6) is 0 Å². The van der Waals surface area contributed by atoms with Gasteiger partial charge in [-0.1, -0.05) is 33.6 Å². The number of hydrogen-bond acceptors (Lipinski definition) is 1. The van der Waals surface area contributed by atoms with Crippen LogP contribution in [0.1, 0.15) is 22.8 Å². The van der Waals surface area contributed by atoms with E-state index in [0.717, 1.165) is 5.56 Å². The van der Waals surface area contributed by atoms with Crippen molar-refractivity contribution >= 4 is 15.9 Å². The predicted molar refractivity (Wildman–Crippen MR) is 69.3 cm³/mol. The first-order valence-electron chi connectivity index (χ1n) is 5.48. The van der Waals surface area contributed by atoms with Gasteiger partial charge in [-0.2, -0.15) is 0 Å². The second-order valence-corrected chi connectivity index (χ2v) is 5.07. The molecular formula is C14H10BrF3O. The van der Waals surface area contributed by atoms with Crippen molar-refractivity contribution in [3.63, 3.8) is 0 Å². The molecule has 2 rings (SSSR count). The number of aliphatic hydroxyl groups is 1. The van der Waals surface area contributed by atoms with E-state index in [2.05, 4.69) is 15.9 Å². The van der Waals surface area contributed by atoms with Crippen molar-refractivity contribution in [3.8, 4) is 0 Å². The van der Waals surface area contributed by atoms with E-state index in [1.807, 2.05) is 13.0 Å². The van der Waals surface area contributed by atoms with Gasteiger partial charge in [-0.3, -0.25) is 0 Å². The summed E-state index contributed by atoms with van der Waals surface area (Å²) in [5, 5.41) is 10.1. The molecule has 0 fully saturated rings. The molecule has 0 aromatic heterocycles. The van der Waals surface area contributed by atoms with E-state index < -0.39 is 23.6 Å². The second kappa shape index (κ2) is 5.35. The lowest BCUT2D eigenvalue weighted by atomic mass is 9.99. The molecule has 2 aromatic rings. The van der Waals surface area contributed by atoms with E-state index in [0.29, 0.717) is 22.2 Å². The first-order chi connectivity index (χ1) is 8.90. The maximum absolute atomic E-state index is 13.6. The average molecular weight is 331 g/mol. The smallest absolute Gasteiger partial charge is 0.161 e. The molecular weight excluding hydrogens is 321 g/mol. The summed E-state index contributed by atoms with van der Waals surface area (Å²) in [4.78, 5) is 0. The maximum atomic E-state index is 13.6. The average Bonchev–Trinajstić information content (AvgIpc) is 2.36. The monoisotopic (exact) mass is 330 g/mol. The van der Waals surface area contributed by atoms with E-state index in [1.165, 1.54) is 0 Å². The van der Waals surface area contributed by atoms with Crippen LogP contribution in [0.3, 0.4) is 0 Å². The van der Waals surface area contributed by atoms with Gasteiger partial charge in [0.2, 0.25) is 0 Å². The first kappa shape index (κ1) is 14.1. The summed E-state index contributed by atoms with van der Waals surface area (Å²) in [5.74, 6) is -3.46. The first-order valence-corrected chi connectivity index (χ1v) is 6.28. The third-order valence-electron chi connectivity index (χ3n) is 2.78. The predicted octanol–water partition coefficient (Wildman–Crippen LogP) is 4.26. The largest absolute Gasteiger partial charge is 0.384 e. The van der Waals surface area contributed by atoms with Gasteiger partial charge in [-0.15, -0.1) is 0 Å². The fourth-order valence-electron chi connectivity index (χ4n) is 1.79. The lowest BCUT2D eigenvalue weighted by molar-refractivity contribution is 0.213. The van der Waals surface area contributed by atoms with Crippen molar-refractivity contribution in [2.45, 2.75) is 13.0 Å². The van der Waals surface area contributed by atoms with E-state index in [9.17, 15) is 18.3 Å². The highest BCUT2D eigenvalue weighted by Crippen LogP contribution is 2.31. The fourth-order valence-corrected chi connectivity index (χ4v) is 2.25.